The molecule has 0 N–H and O–H groups in total. The maximum atomic E-state index is 11.8. The number of methoxy groups -OCH3 is 1. The quantitative estimate of drug-likeness (QED) is 0.354. The number of hydrogen-bond donors (Lipinski definition) is 0. The van der Waals surface area contributed by atoms with Crippen LogP contribution in [0.25, 0.3) is 0 Å². The largest absolute Gasteiger partial charge is 0.496 e. The zero-order valence-electron chi connectivity index (χ0n) is 11.3. The van der Waals surface area contributed by atoms with Crippen LogP contribution in [0.4, 0.5) is 5.69 Å². The number of carbonyl (C=O) groups is 1. The summed E-state index contributed by atoms with van der Waals surface area (Å²) in [6.07, 6.45) is 0.714. The van der Waals surface area contributed by atoms with Crippen molar-refractivity contribution in [3.8, 4) is 11.5 Å². The number of rotatable bonds is 6. The second-order valence-electron chi connectivity index (χ2n) is 4.20. The molecule has 0 aliphatic heterocycles. The number of nitro groups is 1. The van der Waals surface area contributed by atoms with Crippen LogP contribution in [0.1, 0.15) is 12.0 Å². The van der Waals surface area contributed by atoms with Crippen molar-refractivity contribution >= 4 is 23.0 Å². The summed E-state index contributed by atoms with van der Waals surface area (Å²) in [4.78, 5) is 22.1. The van der Waals surface area contributed by atoms with Crippen molar-refractivity contribution in [3.05, 3.63) is 50.7 Å². The third-order valence-corrected chi connectivity index (χ3v) is 3.52. The molecule has 0 aliphatic carbocycles. The van der Waals surface area contributed by atoms with Crippen LogP contribution in [0, 0.1) is 10.1 Å². The standard InChI is InChI=1S/C14H13NO5S/c1-19-11-3-4-13(12(8-11)15(17)18)20-14(16)5-2-10-6-7-21-9-10/h3-4,6-9H,2,5H2,1H3. The smallest absolute Gasteiger partial charge is 0.315 e. The molecular weight excluding hydrogens is 294 g/mol. The molecule has 7 heteroatoms. The van der Waals surface area contributed by atoms with Gasteiger partial charge in [-0.15, -0.1) is 0 Å². The van der Waals surface area contributed by atoms with Crippen LogP contribution >= 0.6 is 11.3 Å². The second kappa shape index (κ2) is 6.85. The first-order valence-electron chi connectivity index (χ1n) is 6.14. The highest BCUT2D eigenvalue weighted by molar-refractivity contribution is 7.07. The van der Waals surface area contributed by atoms with Crippen LogP contribution in [0.3, 0.4) is 0 Å². The molecule has 110 valence electrons. The number of hydrogen-bond acceptors (Lipinski definition) is 6. The third-order valence-electron chi connectivity index (χ3n) is 2.78. The van der Waals surface area contributed by atoms with Crippen molar-refractivity contribution in [1.29, 1.82) is 0 Å². The highest BCUT2D eigenvalue weighted by atomic mass is 32.1. The van der Waals surface area contributed by atoms with Crippen LogP contribution < -0.4 is 9.47 Å². The van der Waals surface area contributed by atoms with E-state index in [4.69, 9.17) is 9.47 Å². The van der Waals surface area contributed by atoms with E-state index in [-0.39, 0.29) is 17.9 Å². The lowest BCUT2D eigenvalue weighted by Crippen LogP contribution is -2.10. The van der Waals surface area contributed by atoms with E-state index in [1.54, 1.807) is 11.3 Å². The van der Waals surface area contributed by atoms with E-state index in [0.717, 1.165) is 5.56 Å². The number of carbonyl (C=O) groups excluding carboxylic acids is 1. The van der Waals surface area contributed by atoms with Gasteiger partial charge in [-0.05, 0) is 40.9 Å². The molecule has 0 atom stereocenters. The first-order chi connectivity index (χ1) is 10.1. The molecule has 2 rings (SSSR count). The Morgan fingerprint density at radius 3 is 2.81 bits per heavy atom. The van der Waals surface area contributed by atoms with E-state index in [2.05, 4.69) is 0 Å². The Labute approximate surface area is 125 Å². The van der Waals surface area contributed by atoms with Gasteiger partial charge in [-0.1, -0.05) is 0 Å². The minimum Gasteiger partial charge on any atom is -0.496 e. The Bertz CT molecular complexity index is 639. The fourth-order valence-electron chi connectivity index (χ4n) is 1.71. The number of nitro benzene ring substituents is 1. The van der Waals surface area contributed by atoms with Crippen molar-refractivity contribution in [3.63, 3.8) is 0 Å². The Kier molecular flexibility index (Phi) is 4.89. The lowest BCUT2D eigenvalue weighted by molar-refractivity contribution is -0.385. The number of ether oxygens (including phenoxy) is 2. The van der Waals surface area contributed by atoms with Crippen molar-refractivity contribution in [2.75, 3.05) is 7.11 Å². The fraction of sp³-hybridized carbons (Fsp3) is 0.214. The molecule has 1 heterocycles. The van der Waals surface area contributed by atoms with Crippen LogP contribution in [-0.2, 0) is 11.2 Å². The molecule has 0 spiro atoms. The Morgan fingerprint density at radius 1 is 1.38 bits per heavy atom. The number of thiophene rings is 1. The van der Waals surface area contributed by atoms with Crippen molar-refractivity contribution in [2.45, 2.75) is 12.8 Å². The summed E-state index contributed by atoms with van der Waals surface area (Å²) in [5, 5.41) is 14.8. The van der Waals surface area contributed by atoms with E-state index in [1.807, 2.05) is 16.8 Å². The third kappa shape index (κ3) is 4.03. The molecule has 0 saturated heterocycles. The first kappa shape index (κ1) is 15.0. The summed E-state index contributed by atoms with van der Waals surface area (Å²) in [5.74, 6) is -0.245. The maximum absolute atomic E-state index is 11.8. The van der Waals surface area contributed by atoms with Gasteiger partial charge < -0.3 is 9.47 Å². The van der Waals surface area contributed by atoms with Gasteiger partial charge in [0.25, 0.3) is 0 Å². The average molecular weight is 307 g/mol. The van der Waals surface area contributed by atoms with Crippen LogP contribution in [0.2, 0.25) is 0 Å². The molecular formula is C14H13NO5S. The zero-order chi connectivity index (χ0) is 15.2. The summed E-state index contributed by atoms with van der Waals surface area (Å²) in [6, 6.07) is 6.02. The average Bonchev–Trinajstić information content (AvgIpc) is 2.98. The Hall–Kier alpha value is -2.41. The van der Waals surface area contributed by atoms with Crippen LogP contribution in [0.15, 0.2) is 35.0 Å². The molecule has 0 unspecified atom stereocenters. The van der Waals surface area contributed by atoms with Gasteiger partial charge in [-0.3, -0.25) is 14.9 Å². The normalized spacial score (nSPS) is 10.1. The summed E-state index contributed by atoms with van der Waals surface area (Å²) in [7, 11) is 1.41. The second-order valence-corrected chi connectivity index (χ2v) is 4.98. The van der Waals surface area contributed by atoms with Gasteiger partial charge in [0.05, 0.1) is 24.5 Å². The summed E-state index contributed by atoms with van der Waals surface area (Å²) >= 11 is 1.55. The predicted molar refractivity (Wildman–Crippen MR) is 77.9 cm³/mol. The number of nitrogens with zero attached hydrogens (tertiary/aromatic N) is 1. The Balaban J connectivity index is 2.04. The van der Waals surface area contributed by atoms with Gasteiger partial charge >= 0.3 is 11.7 Å². The minimum absolute atomic E-state index is 0.0730. The highest BCUT2D eigenvalue weighted by Crippen LogP contribution is 2.31. The maximum Gasteiger partial charge on any atom is 0.315 e. The van der Waals surface area contributed by atoms with Crippen molar-refractivity contribution in [1.82, 2.24) is 0 Å². The Morgan fingerprint density at radius 2 is 2.19 bits per heavy atom. The lowest BCUT2D eigenvalue weighted by Gasteiger charge is -2.06. The SMILES string of the molecule is COc1ccc(OC(=O)CCc2ccsc2)c([N+](=O)[O-])c1. The van der Waals surface area contributed by atoms with Gasteiger partial charge in [0.15, 0.2) is 0 Å². The van der Waals surface area contributed by atoms with E-state index >= 15 is 0 Å². The topological polar surface area (TPSA) is 78.7 Å². The van der Waals surface area contributed by atoms with Gasteiger partial charge in [0.2, 0.25) is 5.75 Å². The van der Waals surface area contributed by atoms with E-state index in [0.29, 0.717) is 12.2 Å². The van der Waals surface area contributed by atoms with Crippen LogP contribution in [0.5, 0.6) is 11.5 Å². The lowest BCUT2D eigenvalue weighted by atomic mass is 10.2. The number of benzene rings is 1. The molecule has 2 aromatic rings. The predicted octanol–water partition coefficient (Wildman–Crippen LogP) is 3.20. The highest BCUT2D eigenvalue weighted by Gasteiger charge is 2.19. The molecule has 6 nitrogen and oxygen atoms in total. The van der Waals surface area contributed by atoms with Crippen molar-refractivity contribution < 1.29 is 19.2 Å². The van der Waals surface area contributed by atoms with Crippen molar-refractivity contribution in [2.24, 2.45) is 0 Å². The molecule has 0 saturated carbocycles. The monoisotopic (exact) mass is 307 g/mol. The fourth-order valence-corrected chi connectivity index (χ4v) is 2.41. The van der Waals surface area contributed by atoms with E-state index < -0.39 is 10.9 Å². The van der Waals surface area contributed by atoms with Crippen LogP contribution in [-0.4, -0.2) is 18.0 Å². The molecule has 0 fully saturated rings. The summed E-state index contributed by atoms with van der Waals surface area (Å²) < 4.78 is 9.99. The first-order valence-corrected chi connectivity index (χ1v) is 7.08. The molecule has 0 aliphatic rings. The van der Waals surface area contributed by atoms with Gasteiger partial charge in [-0.25, -0.2) is 0 Å². The van der Waals surface area contributed by atoms with Gasteiger partial charge in [-0.2, -0.15) is 11.3 Å². The summed E-state index contributed by atoms with van der Waals surface area (Å²) in [5.41, 5.74) is 0.749. The number of esters is 1. The molecule has 1 aromatic heterocycles. The number of aryl methyl sites for hydroxylation is 1. The molecule has 0 radical (unpaired) electrons. The zero-order valence-corrected chi connectivity index (χ0v) is 12.1. The minimum atomic E-state index is -0.607. The molecule has 0 amide bonds. The molecule has 0 bridgehead atoms. The van der Waals surface area contributed by atoms with Gasteiger partial charge in [0, 0.05) is 0 Å². The summed E-state index contributed by atoms with van der Waals surface area (Å²) in [6.45, 7) is 0. The van der Waals surface area contributed by atoms with Gasteiger partial charge in [0.1, 0.15) is 5.75 Å². The molecule has 21 heavy (non-hydrogen) atoms. The molecule has 1 aromatic carbocycles. The van der Waals surface area contributed by atoms with E-state index in [1.165, 1.54) is 25.3 Å². The van der Waals surface area contributed by atoms with E-state index in [9.17, 15) is 14.9 Å².